The van der Waals surface area contributed by atoms with E-state index in [0.717, 1.165) is 21.3 Å². The number of nitrogens with zero attached hydrogens (tertiary/aromatic N) is 1. The molecule has 0 spiro atoms. The van der Waals surface area contributed by atoms with Crippen LogP contribution in [0.15, 0.2) is 52.7 Å². The summed E-state index contributed by atoms with van der Waals surface area (Å²) in [6, 6.07) is 12.0. The Kier molecular flexibility index (Phi) is 8.13. The minimum absolute atomic E-state index is 0.0239. The lowest BCUT2D eigenvalue weighted by molar-refractivity contribution is 0.0846. The van der Waals surface area contributed by atoms with Gasteiger partial charge in [0, 0.05) is 27.2 Å². The lowest BCUT2D eigenvalue weighted by atomic mass is 10.2. The number of benzene rings is 2. The summed E-state index contributed by atoms with van der Waals surface area (Å²) in [5.74, 6) is 0.899. The first kappa shape index (κ1) is 23.6. The molecular formula is C23H25N3O4S2. The van der Waals surface area contributed by atoms with E-state index in [1.807, 2.05) is 38.3 Å². The number of thiazole rings is 1. The maximum atomic E-state index is 12.4. The zero-order valence-electron chi connectivity index (χ0n) is 18.3. The second-order valence-electron chi connectivity index (χ2n) is 7.11. The molecule has 0 atom stereocenters. The molecule has 2 aromatic carbocycles. The molecule has 168 valence electrons. The van der Waals surface area contributed by atoms with Gasteiger partial charge in [-0.15, -0.1) is 23.1 Å². The molecule has 3 aromatic rings. The van der Waals surface area contributed by atoms with Crippen LogP contribution in [-0.2, 0) is 5.75 Å². The Morgan fingerprint density at radius 3 is 2.28 bits per heavy atom. The van der Waals surface area contributed by atoms with E-state index in [1.165, 1.54) is 7.11 Å². The number of carbonyl (C=O) groups is 2. The van der Waals surface area contributed by atoms with E-state index in [4.69, 9.17) is 9.47 Å². The third kappa shape index (κ3) is 6.48. The number of ether oxygens (including phenoxy) is 2. The molecule has 3 rings (SSSR count). The summed E-state index contributed by atoms with van der Waals surface area (Å²) >= 11 is 3.28. The van der Waals surface area contributed by atoms with E-state index in [0.29, 0.717) is 22.6 Å². The van der Waals surface area contributed by atoms with Crippen LogP contribution in [0.3, 0.4) is 0 Å². The van der Waals surface area contributed by atoms with Crippen molar-refractivity contribution >= 4 is 34.9 Å². The first-order chi connectivity index (χ1) is 15.4. The number of nitrogens with one attached hydrogen (secondary N) is 2. The van der Waals surface area contributed by atoms with Crippen LogP contribution in [0.25, 0.3) is 0 Å². The Labute approximate surface area is 195 Å². The van der Waals surface area contributed by atoms with Gasteiger partial charge in [0.15, 0.2) is 11.5 Å². The number of carbonyl (C=O) groups excluding carboxylic acids is 2. The van der Waals surface area contributed by atoms with Crippen LogP contribution in [0, 0.1) is 6.92 Å². The van der Waals surface area contributed by atoms with Gasteiger partial charge in [0.2, 0.25) is 0 Å². The zero-order valence-corrected chi connectivity index (χ0v) is 19.9. The van der Waals surface area contributed by atoms with Crippen LogP contribution in [0.5, 0.6) is 11.5 Å². The van der Waals surface area contributed by atoms with E-state index in [-0.39, 0.29) is 6.10 Å². The number of aromatic nitrogens is 1. The quantitative estimate of drug-likeness (QED) is 0.368. The predicted molar refractivity (Wildman–Crippen MR) is 127 cm³/mol. The van der Waals surface area contributed by atoms with Crippen LogP contribution in [0.4, 0.5) is 0 Å². The molecule has 0 saturated heterocycles. The summed E-state index contributed by atoms with van der Waals surface area (Å²) in [6.45, 7) is 5.79. The Hall–Kier alpha value is -3.04. The topological polar surface area (TPSA) is 89.6 Å². The molecule has 0 fully saturated rings. The molecule has 1 heterocycles. The van der Waals surface area contributed by atoms with E-state index in [2.05, 4.69) is 15.8 Å². The molecule has 0 aliphatic carbocycles. The average Bonchev–Trinajstić information content (AvgIpc) is 3.21. The van der Waals surface area contributed by atoms with E-state index < -0.39 is 11.8 Å². The van der Waals surface area contributed by atoms with Crippen molar-refractivity contribution in [1.29, 1.82) is 0 Å². The Balaban J connectivity index is 1.54. The van der Waals surface area contributed by atoms with Crippen LogP contribution >= 0.6 is 23.1 Å². The third-order valence-corrected chi connectivity index (χ3v) is 6.12. The fourth-order valence-corrected chi connectivity index (χ4v) is 4.26. The highest BCUT2D eigenvalue weighted by Gasteiger charge is 2.13. The minimum Gasteiger partial charge on any atom is -0.493 e. The highest BCUT2D eigenvalue weighted by Crippen LogP contribution is 2.29. The molecule has 1 aromatic heterocycles. The van der Waals surface area contributed by atoms with Gasteiger partial charge in [-0.3, -0.25) is 20.4 Å². The first-order valence-electron chi connectivity index (χ1n) is 9.95. The van der Waals surface area contributed by atoms with Crippen molar-refractivity contribution in [3.8, 4) is 11.5 Å². The summed E-state index contributed by atoms with van der Waals surface area (Å²) in [5, 5.41) is 3.10. The molecule has 0 bridgehead atoms. The Bertz CT molecular complexity index is 1080. The van der Waals surface area contributed by atoms with Crippen LogP contribution in [0.2, 0.25) is 0 Å². The number of hydrazine groups is 1. The van der Waals surface area contributed by atoms with Crippen molar-refractivity contribution in [3.05, 3.63) is 69.7 Å². The van der Waals surface area contributed by atoms with Gasteiger partial charge in [-0.05, 0) is 63.2 Å². The number of methoxy groups -OCH3 is 1. The van der Waals surface area contributed by atoms with Gasteiger partial charge in [-0.25, -0.2) is 4.98 Å². The molecular weight excluding hydrogens is 446 g/mol. The van der Waals surface area contributed by atoms with Gasteiger partial charge >= 0.3 is 0 Å². The summed E-state index contributed by atoms with van der Waals surface area (Å²) in [5.41, 5.74) is 6.68. The van der Waals surface area contributed by atoms with Crippen LogP contribution in [-0.4, -0.2) is 30.0 Å². The highest BCUT2D eigenvalue weighted by molar-refractivity contribution is 7.98. The Morgan fingerprint density at radius 1 is 1.03 bits per heavy atom. The van der Waals surface area contributed by atoms with Crippen LogP contribution < -0.4 is 20.3 Å². The summed E-state index contributed by atoms with van der Waals surface area (Å²) in [7, 11) is 1.51. The van der Waals surface area contributed by atoms with Crippen molar-refractivity contribution in [2.45, 2.75) is 37.5 Å². The molecule has 0 aliphatic heterocycles. The number of hydrogen-bond donors (Lipinski definition) is 2. The SMILES string of the molecule is COc1cc(C(=O)NNC(=O)c2ccc(SCc3csc(C)n3)cc2)ccc1OC(C)C. The zero-order chi connectivity index (χ0) is 23.1. The minimum atomic E-state index is -0.460. The van der Waals surface area contributed by atoms with Crippen molar-refractivity contribution in [2.75, 3.05) is 7.11 Å². The molecule has 0 saturated carbocycles. The highest BCUT2D eigenvalue weighted by atomic mass is 32.2. The summed E-state index contributed by atoms with van der Waals surface area (Å²) in [4.78, 5) is 30.3. The van der Waals surface area contributed by atoms with Gasteiger partial charge in [0.1, 0.15) is 0 Å². The first-order valence-corrected chi connectivity index (χ1v) is 11.8. The monoisotopic (exact) mass is 471 g/mol. The van der Waals surface area contributed by atoms with Gasteiger partial charge in [0.05, 0.1) is 23.9 Å². The fraction of sp³-hybridized carbons (Fsp3) is 0.261. The molecule has 9 heteroatoms. The maximum Gasteiger partial charge on any atom is 0.269 e. The van der Waals surface area contributed by atoms with Gasteiger partial charge < -0.3 is 9.47 Å². The van der Waals surface area contributed by atoms with Gasteiger partial charge in [-0.2, -0.15) is 0 Å². The molecule has 0 unspecified atom stereocenters. The van der Waals surface area contributed by atoms with Crippen molar-refractivity contribution in [3.63, 3.8) is 0 Å². The third-order valence-electron chi connectivity index (χ3n) is 4.25. The van der Waals surface area contributed by atoms with Gasteiger partial charge in [-0.1, -0.05) is 0 Å². The lowest BCUT2D eigenvalue weighted by Crippen LogP contribution is -2.41. The number of hydrogen-bond acceptors (Lipinski definition) is 7. The number of thioether (sulfide) groups is 1. The fourth-order valence-electron chi connectivity index (χ4n) is 2.75. The summed E-state index contributed by atoms with van der Waals surface area (Å²) < 4.78 is 10.9. The van der Waals surface area contributed by atoms with E-state index in [1.54, 1.807) is 53.4 Å². The average molecular weight is 472 g/mol. The Morgan fingerprint density at radius 2 is 1.69 bits per heavy atom. The van der Waals surface area contributed by atoms with Crippen molar-refractivity contribution < 1.29 is 19.1 Å². The predicted octanol–water partition coefficient (Wildman–Crippen LogP) is 4.61. The second kappa shape index (κ2) is 11.0. The smallest absolute Gasteiger partial charge is 0.269 e. The van der Waals surface area contributed by atoms with Crippen LogP contribution in [0.1, 0.15) is 45.3 Å². The maximum absolute atomic E-state index is 12.4. The van der Waals surface area contributed by atoms with E-state index in [9.17, 15) is 9.59 Å². The molecule has 7 nitrogen and oxygen atoms in total. The largest absolute Gasteiger partial charge is 0.493 e. The number of rotatable bonds is 8. The lowest BCUT2D eigenvalue weighted by Gasteiger charge is -2.14. The van der Waals surface area contributed by atoms with E-state index >= 15 is 0 Å². The molecule has 2 N–H and O–H groups in total. The number of amides is 2. The second-order valence-corrected chi connectivity index (χ2v) is 9.22. The normalized spacial score (nSPS) is 10.7. The summed E-state index contributed by atoms with van der Waals surface area (Å²) in [6.07, 6.45) is -0.0239. The molecule has 0 aliphatic rings. The van der Waals surface area contributed by atoms with Gasteiger partial charge in [0.25, 0.3) is 11.8 Å². The molecule has 2 amide bonds. The number of aryl methyl sites for hydroxylation is 1. The molecule has 0 radical (unpaired) electrons. The standard InChI is InChI=1S/C23H25N3O4S2/c1-14(2)30-20-10-7-17(11-21(20)29-4)23(28)26-25-22(27)16-5-8-19(9-6-16)32-13-18-12-31-15(3)24-18/h5-12,14H,13H2,1-4H3,(H,25,27)(H,26,28). The molecule has 32 heavy (non-hydrogen) atoms. The van der Waals surface area contributed by atoms with Crippen molar-refractivity contribution in [2.24, 2.45) is 0 Å². The van der Waals surface area contributed by atoms with Crippen molar-refractivity contribution in [1.82, 2.24) is 15.8 Å².